The van der Waals surface area contributed by atoms with Crippen molar-refractivity contribution in [3.63, 3.8) is 0 Å². The first-order valence-corrected chi connectivity index (χ1v) is 14.0. The molecule has 1 aromatic heterocycles. The molecular weight excluding hydrogens is 530 g/mol. The lowest BCUT2D eigenvalue weighted by Crippen LogP contribution is -2.31. The highest BCUT2D eigenvalue weighted by molar-refractivity contribution is 7.93. The van der Waals surface area contributed by atoms with E-state index >= 15 is 0 Å². The van der Waals surface area contributed by atoms with Crippen LogP contribution in [0, 0.1) is 24.0 Å². The number of nitro groups is 1. The smallest absolute Gasteiger partial charge is 0.305 e. The molecule has 0 unspecified atom stereocenters. The summed E-state index contributed by atoms with van der Waals surface area (Å²) >= 11 is 0. The van der Waals surface area contributed by atoms with E-state index in [4.69, 9.17) is 0 Å². The summed E-state index contributed by atoms with van der Waals surface area (Å²) < 4.78 is 33.7. The average Bonchev–Trinajstić information content (AvgIpc) is 2.95. The molecule has 0 bridgehead atoms. The second-order valence-electron chi connectivity index (χ2n) is 9.30. The van der Waals surface area contributed by atoms with Crippen LogP contribution in [0.1, 0.15) is 28.7 Å². The topological polar surface area (TPSA) is 120 Å². The second-order valence-corrected chi connectivity index (χ2v) is 11.1. The molecule has 1 heterocycles. The van der Waals surface area contributed by atoms with Crippen LogP contribution in [-0.4, -0.2) is 31.4 Å². The number of hydrogen-bond donors (Lipinski definition) is 0. The number of rotatable bonds is 10. The third-order valence-corrected chi connectivity index (χ3v) is 8.36. The Morgan fingerprint density at radius 3 is 2.30 bits per heavy atom. The van der Waals surface area contributed by atoms with Gasteiger partial charge < -0.3 is 4.74 Å². The molecule has 0 aliphatic carbocycles. The summed E-state index contributed by atoms with van der Waals surface area (Å²) in [5.74, 6) is -0.272. The number of methoxy groups -OCH3 is 1. The zero-order valence-corrected chi connectivity index (χ0v) is 23.2. The largest absolute Gasteiger partial charge is 0.469 e. The van der Waals surface area contributed by atoms with E-state index in [1.807, 2.05) is 56.3 Å². The van der Waals surface area contributed by atoms with Crippen LogP contribution >= 0.6 is 0 Å². The molecule has 0 radical (unpaired) electrons. The maximum Gasteiger partial charge on any atom is 0.305 e. The van der Waals surface area contributed by atoms with Crippen LogP contribution in [0.4, 0.5) is 11.5 Å². The summed E-state index contributed by atoms with van der Waals surface area (Å²) in [6.07, 6.45) is 2.02. The molecule has 40 heavy (non-hydrogen) atoms. The van der Waals surface area contributed by atoms with E-state index in [-0.39, 0.29) is 24.8 Å². The minimum atomic E-state index is -4.41. The molecule has 0 amide bonds. The average molecular weight is 560 g/mol. The first-order chi connectivity index (χ1) is 19.1. The number of carbonyl (C=O) groups excluding carboxylic acids is 1. The lowest BCUT2D eigenvalue weighted by atomic mass is 9.95. The predicted octanol–water partition coefficient (Wildman–Crippen LogP) is 5.77. The number of carbonyl (C=O) groups is 1. The van der Waals surface area contributed by atoms with Crippen molar-refractivity contribution in [2.75, 3.05) is 11.4 Å². The molecule has 0 N–H and O–H groups in total. The number of ether oxygens (including phenoxy) is 1. The molecule has 4 aromatic rings. The highest BCUT2D eigenvalue weighted by Gasteiger charge is 2.32. The summed E-state index contributed by atoms with van der Waals surface area (Å²) in [4.78, 5) is 26.5. The SMILES string of the molecule is COC(=O)CCc1ccc(N(Cc2cccc(-c3c(C)cccc3C)c2)S(=O)(=O)c2ccccc2[N+](=O)[O-])nc1. The summed E-state index contributed by atoms with van der Waals surface area (Å²) in [7, 11) is -3.10. The van der Waals surface area contributed by atoms with E-state index in [2.05, 4.69) is 9.72 Å². The first kappa shape index (κ1) is 28.4. The Labute approximate surface area is 233 Å². The Morgan fingerprint density at radius 1 is 0.950 bits per heavy atom. The Balaban J connectivity index is 1.78. The normalized spacial score (nSPS) is 11.2. The monoisotopic (exact) mass is 559 g/mol. The Hall–Kier alpha value is -4.57. The maximum atomic E-state index is 14.0. The molecule has 0 saturated carbocycles. The fraction of sp³-hybridized carbons (Fsp3) is 0.200. The van der Waals surface area contributed by atoms with Crippen LogP contribution in [0.5, 0.6) is 0 Å². The zero-order chi connectivity index (χ0) is 28.9. The highest BCUT2D eigenvalue weighted by Crippen LogP contribution is 2.32. The maximum absolute atomic E-state index is 14.0. The molecule has 206 valence electrons. The molecule has 4 rings (SSSR count). The molecule has 0 spiro atoms. The Morgan fingerprint density at radius 2 is 1.65 bits per heavy atom. The van der Waals surface area contributed by atoms with Crippen molar-refractivity contribution in [3.05, 3.63) is 117 Å². The number of esters is 1. The van der Waals surface area contributed by atoms with Crippen molar-refractivity contribution in [1.29, 1.82) is 0 Å². The molecule has 9 nitrogen and oxygen atoms in total. The van der Waals surface area contributed by atoms with Gasteiger partial charge in [-0.1, -0.05) is 54.6 Å². The van der Waals surface area contributed by atoms with Crippen molar-refractivity contribution >= 4 is 27.5 Å². The van der Waals surface area contributed by atoms with Gasteiger partial charge in [-0.25, -0.2) is 17.7 Å². The minimum absolute atomic E-state index is 0.0949. The van der Waals surface area contributed by atoms with Crippen molar-refractivity contribution in [2.24, 2.45) is 0 Å². The number of nitrogens with zero attached hydrogens (tertiary/aromatic N) is 3. The van der Waals surface area contributed by atoms with Gasteiger partial charge in [0.2, 0.25) is 0 Å². The fourth-order valence-electron chi connectivity index (χ4n) is 4.56. The van der Waals surface area contributed by atoms with Crippen LogP contribution in [0.3, 0.4) is 0 Å². The van der Waals surface area contributed by atoms with E-state index < -0.39 is 25.5 Å². The van der Waals surface area contributed by atoms with E-state index in [1.54, 1.807) is 6.07 Å². The third-order valence-electron chi connectivity index (χ3n) is 6.56. The third kappa shape index (κ3) is 6.18. The van der Waals surface area contributed by atoms with Crippen LogP contribution in [0.25, 0.3) is 11.1 Å². The van der Waals surface area contributed by atoms with Gasteiger partial charge in [0.25, 0.3) is 15.7 Å². The summed E-state index contributed by atoms with van der Waals surface area (Å²) in [6, 6.07) is 22.0. The van der Waals surface area contributed by atoms with Gasteiger partial charge in [-0.3, -0.25) is 14.9 Å². The molecule has 0 atom stereocenters. The molecule has 0 aliphatic rings. The van der Waals surface area contributed by atoms with E-state index in [9.17, 15) is 23.3 Å². The van der Waals surface area contributed by atoms with Gasteiger partial charge in [-0.05, 0) is 71.8 Å². The van der Waals surface area contributed by atoms with Gasteiger partial charge in [0, 0.05) is 18.7 Å². The van der Waals surface area contributed by atoms with Crippen LogP contribution < -0.4 is 4.31 Å². The number of benzene rings is 3. The van der Waals surface area contributed by atoms with Crippen molar-refractivity contribution in [1.82, 2.24) is 4.98 Å². The van der Waals surface area contributed by atoms with Gasteiger partial charge >= 0.3 is 5.97 Å². The van der Waals surface area contributed by atoms with Gasteiger partial charge in [-0.2, -0.15) is 0 Å². The van der Waals surface area contributed by atoms with Crippen LogP contribution in [0.15, 0.2) is 90.0 Å². The van der Waals surface area contributed by atoms with Crippen molar-refractivity contribution < 1.29 is 22.9 Å². The number of pyridine rings is 1. The summed E-state index contributed by atoms with van der Waals surface area (Å²) in [5, 5.41) is 11.7. The number of aryl methyl sites for hydroxylation is 3. The number of hydrogen-bond acceptors (Lipinski definition) is 7. The quantitative estimate of drug-likeness (QED) is 0.137. The summed E-state index contributed by atoms with van der Waals surface area (Å²) in [5.41, 5.74) is 5.05. The molecular formula is C30H29N3O6S. The fourth-order valence-corrected chi connectivity index (χ4v) is 6.12. The standard InChI is InChI=1S/C30H29N3O6S/c1-21-8-6-9-22(2)30(21)25-11-7-10-24(18-25)20-32(28-16-14-23(19-31-28)15-17-29(34)39-3)40(37,38)27-13-5-4-12-26(27)33(35)36/h4-14,16,18-19H,15,17,20H2,1-3H3. The van der Waals surface area contributed by atoms with Gasteiger partial charge in [0.15, 0.2) is 4.90 Å². The molecule has 0 saturated heterocycles. The lowest BCUT2D eigenvalue weighted by molar-refractivity contribution is -0.387. The molecule has 3 aromatic carbocycles. The van der Waals surface area contributed by atoms with Gasteiger partial charge in [0.1, 0.15) is 5.82 Å². The minimum Gasteiger partial charge on any atom is -0.469 e. The van der Waals surface area contributed by atoms with Crippen LogP contribution in [0.2, 0.25) is 0 Å². The van der Waals surface area contributed by atoms with E-state index in [1.165, 1.54) is 37.6 Å². The first-order valence-electron chi connectivity index (χ1n) is 12.5. The summed E-state index contributed by atoms with van der Waals surface area (Å²) in [6.45, 7) is 3.93. The van der Waals surface area contributed by atoms with E-state index in [0.29, 0.717) is 17.5 Å². The molecule has 0 fully saturated rings. The molecule has 0 aliphatic heterocycles. The zero-order valence-electron chi connectivity index (χ0n) is 22.4. The number of anilines is 1. The number of nitro benzene ring substituents is 1. The lowest BCUT2D eigenvalue weighted by Gasteiger charge is -2.24. The van der Waals surface area contributed by atoms with E-state index in [0.717, 1.165) is 32.6 Å². The second kappa shape index (κ2) is 12.1. The highest BCUT2D eigenvalue weighted by atomic mass is 32.2. The number of sulfonamides is 1. The van der Waals surface area contributed by atoms with Gasteiger partial charge in [0.05, 0.1) is 18.6 Å². The number of para-hydroxylation sites is 1. The van der Waals surface area contributed by atoms with Crippen molar-refractivity contribution in [3.8, 4) is 11.1 Å². The Bertz CT molecular complexity index is 1630. The number of aromatic nitrogens is 1. The Kier molecular flexibility index (Phi) is 8.59. The predicted molar refractivity (Wildman–Crippen MR) is 152 cm³/mol. The molecule has 10 heteroatoms. The van der Waals surface area contributed by atoms with Crippen LogP contribution in [-0.2, 0) is 32.5 Å². The van der Waals surface area contributed by atoms with Gasteiger partial charge in [-0.15, -0.1) is 0 Å². The van der Waals surface area contributed by atoms with Crippen molar-refractivity contribution in [2.45, 2.75) is 38.1 Å².